The van der Waals surface area contributed by atoms with Gasteiger partial charge in [0.15, 0.2) is 5.65 Å². The van der Waals surface area contributed by atoms with Crippen molar-refractivity contribution >= 4 is 17.1 Å². The molecule has 0 saturated heterocycles. The van der Waals surface area contributed by atoms with E-state index in [-0.39, 0.29) is 6.04 Å². The second-order valence-corrected chi connectivity index (χ2v) is 4.22. The van der Waals surface area contributed by atoms with Crippen LogP contribution in [0, 0.1) is 6.92 Å². The molecular weight excluding hydrogens is 218 g/mol. The Morgan fingerprint density at radius 2 is 2.18 bits per heavy atom. The molecule has 0 saturated carbocycles. The van der Waals surface area contributed by atoms with Crippen LogP contribution >= 0.6 is 0 Å². The molecule has 2 aromatic heterocycles. The summed E-state index contributed by atoms with van der Waals surface area (Å²) >= 11 is 0. The van der Waals surface area contributed by atoms with Crippen LogP contribution in [0.5, 0.6) is 0 Å². The third-order valence-corrected chi connectivity index (χ3v) is 2.92. The smallest absolute Gasteiger partial charge is 0.202 e. The zero-order valence-electron chi connectivity index (χ0n) is 10.8. The van der Waals surface area contributed by atoms with Gasteiger partial charge in [0.25, 0.3) is 0 Å². The predicted molar refractivity (Wildman–Crippen MR) is 66.9 cm³/mol. The van der Waals surface area contributed by atoms with Crippen LogP contribution in [0.2, 0.25) is 0 Å². The number of nitrogen functional groups attached to an aromatic ring is 1. The summed E-state index contributed by atoms with van der Waals surface area (Å²) in [7, 11) is 1.68. The molecule has 94 valence electrons. The molecule has 2 N–H and O–H groups in total. The second kappa shape index (κ2) is 4.37. The van der Waals surface area contributed by atoms with E-state index in [1.54, 1.807) is 7.11 Å². The maximum Gasteiger partial charge on any atom is 0.202 e. The van der Waals surface area contributed by atoms with Crippen molar-refractivity contribution in [2.24, 2.45) is 0 Å². The Morgan fingerprint density at radius 1 is 1.47 bits per heavy atom. The number of fused-ring (bicyclic) bond motifs is 1. The fourth-order valence-corrected chi connectivity index (χ4v) is 2.18. The lowest BCUT2D eigenvalue weighted by molar-refractivity contribution is 0.164. The van der Waals surface area contributed by atoms with E-state index < -0.39 is 0 Å². The summed E-state index contributed by atoms with van der Waals surface area (Å²) in [4.78, 5) is 4.39. The van der Waals surface area contributed by atoms with Crippen LogP contribution in [0.15, 0.2) is 0 Å². The van der Waals surface area contributed by atoms with Crippen molar-refractivity contribution in [3.8, 4) is 0 Å². The molecule has 2 rings (SSSR count). The van der Waals surface area contributed by atoms with Gasteiger partial charge in [-0.2, -0.15) is 5.10 Å². The van der Waals surface area contributed by atoms with Crippen molar-refractivity contribution in [2.75, 3.05) is 19.5 Å². The predicted octanol–water partition coefficient (Wildman–Crippen LogP) is 1.35. The Balaban J connectivity index is 2.64. The van der Waals surface area contributed by atoms with Crippen molar-refractivity contribution in [1.82, 2.24) is 19.3 Å². The Hall–Kier alpha value is -1.56. The van der Waals surface area contributed by atoms with Crippen LogP contribution in [0.3, 0.4) is 0 Å². The fraction of sp³-hybridized carbons (Fsp3) is 0.636. The number of methoxy groups -OCH3 is 1. The molecule has 17 heavy (non-hydrogen) atoms. The van der Waals surface area contributed by atoms with E-state index in [0.717, 1.165) is 23.4 Å². The van der Waals surface area contributed by atoms with Crippen molar-refractivity contribution in [3.05, 3.63) is 5.69 Å². The molecule has 0 spiro atoms. The lowest BCUT2D eigenvalue weighted by Gasteiger charge is -2.15. The lowest BCUT2D eigenvalue weighted by atomic mass is 10.3. The summed E-state index contributed by atoms with van der Waals surface area (Å²) in [6.07, 6.45) is 0. The highest BCUT2D eigenvalue weighted by atomic mass is 16.5. The quantitative estimate of drug-likeness (QED) is 0.871. The van der Waals surface area contributed by atoms with Gasteiger partial charge in [0.1, 0.15) is 5.52 Å². The van der Waals surface area contributed by atoms with Crippen LogP contribution in [-0.4, -0.2) is 33.0 Å². The molecule has 0 aliphatic rings. The molecule has 0 aliphatic heterocycles. The first-order valence-electron chi connectivity index (χ1n) is 5.79. The second-order valence-electron chi connectivity index (χ2n) is 4.22. The minimum atomic E-state index is 0.145. The number of nitrogens with zero attached hydrogens (tertiary/aromatic N) is 4. The summed E-state index contributed by atoms with van der Waals surface area (Å²) in [6.45, 7) is 7.47. The molecule has 1 unspecified atom stereocenters. The molecule has 0 radical (unpaired) electrons. The van der Waals surface area contributed by atoms with Crippen molar-refractivity contribution in [3.63, 3.8) is 0 Å². The summed E-state index contributed by atoms with van der Waals surface area (Å²) in [5, 5.41) is 4.45. The van der Waals surface area contributed by atoms with E-state index in [1.165, 1.54) is 0 Å². The van der Waals surface area contributed by atoms with Crippen molar-refractivity contribution in [2.45, 2.75) is 33.4 Å². The van der Waals surface area contributed by atoms with Gasteiger partial charge in [-0.1, -0.05) is 0 Å². The minimum Gasteiger partial charge on any atom is -0.383 e. The maximum atomic E-state index is 5.98. The van der Waals surface area contributed by atoms with Gasteiger partial charge in [0.2, 0.25) is 5.95 Å². The standard InChI is InChI=1S/C11H19N5O/c1-5-15-10-9(8(3)14-15)13-11(12)16(10)7(2)6-17-4/h7H,5-6H2,1-4H3,(H2,12,13). The third kappa shape index (κ3) is 1.78. The van der Waals surface area contributed by atoms with E-state index in [1.807, 2.05) is 16.2 Å². The highest BCUT2D eigenvalue weighted by molar-refractivity contribution is 5.77. The Kier molecular flexibility index (Phi) is 3.06. The molecule has 0 aromatic carbocycles. The Bertz CT molecular complexity index is 527. The number of rotatable bonds is 4. The minimum absolute atomic E-state index is 0.145. The highest BCUT2D eigenvalue weighted by Gasteiger charge is 2.19. The average molecular weight is 237 g/mol. The molecule has 0 bridgehead atoms. The largest absolute Gasteiger partial charge is 0.383 e. The van der Waals surface area contributed by atoms with Crippen molar-refractivity contribution in [1.29, 1.82) is 0 Å². The number of anilines is 1. The molecule has 6 heteroatoms. The van der Waals surface area contributed by atoms with Crippen molar-refractivity contribution < 1.29 is 4.74 Å². The van der Waals surface area contributed by atoms with E-state index in [0.29, 0.717) is 12.6 Å². The molecule has 0 fully saturated rings. The van der Waals surface area contributed by atoms with Gasteiger partial charge >= 0.3 is 0 Å². The summed E-state index contributed by atoms with van der Waals surface area (Å²) in [5.41, 5.74) is 8.75. The molecule has 2 aromatic rings. The molecule has 2 heterocycles. The van der Waals surface area contributed by atoms with Crippen LogP contribution in [0.4, 0.5) is 5.95 Å². The number of imidazole rings is 1. The van der Waals surface area contributed by atoms with E-state index in [9.17, 15) is 0 Å². The third-order valence-electron chi connectivity index (χ3n) is 2.92. The summed E-state index contributed by atoms with van der Waals surface area (Å²) < 4.78 is 9.10. The first kappa shape index (κ1) is 11.9. The van der Waals surface area contributed by atoms with Gasteiger partial charge in [-0.15, -0.1) is 0 Å². The number of hydrogen-bond acceptors (Lipinski definition) is 4. The number of hydrogen-bond donors (Lipinski definition) is 1. The molecule has 1 atom stereocenters. The van der Waals surface area contributed by atoms with Gasteiger partial charge in [-0.05, 0) is 20.8 Å². The van der Waals surface area contributed by atoms with Crippen LogP contribution in [0.25, 0.3) is 11.2 Å². The summed E-state index contributed by atoms with van der Waals surface area (Å²) in [6, 6.07) is 0.145. The van der Waals surface area contributed by atoms with E-state index in [2.05, 4.69) is 23.9 Å². The summed E-state index contributed by atoms with van der Waals surface area (Å²) in [5.74, 6) is 0.521. The number of aryl methyl sites for hydroxylation is 2. The monoisotopic (exact) mass is 237 g/mol. The first-order valence-corrected chi connectivity index (χ1v) is 5.79. The maximum absolute atomic E-state index is 5.98. The van der Waals surface area contributed by atoms with Gasteiger partial charge in [-0.25, -0.2) is 9.67 Å². The normalized spacial score (nSPS) is 13.4. The number of aromatic nitrogens is 4. The number of nitrogens with two attached hydrogens (primary N) is 1. The van der Waals surface area contributed by atoms with Gasteiger partial charge in [0, 0.05) is 13.7 Å². The zero-order chi connectivity index (χ0) is 12.6. The van der Waals surface area contributed by atoms with E-state index in [4.69, 9.17) is 10.5 Å². The van der Waals surface area contributed by atoms with Crippen LogP contribution in [-0.2, 0) is 11.3 Å². The molecule has 0 aliphatic carbocycles. The topological polar surface area (TPSA) is 70.9 Å². The molecule has 6 nitrogen and oxygen atoms in total. The zero-order valence-corrected chi connectivity index (χ0v) is 10.8. The Labute approximate surface area is 100 Å². The number of ether oxygens (including phenoxy) is 1. The lowest BCUT2D eigenvalue weighted by Crippen LogP contribution is -2.16. The van der Waals surface area contributed by atoms with Crippen LogP contribution in [0.1, 0.15) is 25.6 Å². The average Bonchev–Trinajstić information content (AvgIpc) is 2.76. The SMILES string of the molecule is CCn1nc(C)c2nc(N)n(C(C)COC)c21. The molecular formula is C11H19N5O. The van der Waals surface area contributed by atoms with Gasteiger partial charge in [0.05, 0.1) is 18.3 Å². The van der Waals surface area contributed by atoms with E-state index >= 15 is 0 Å². The van der Waals surface area contributed by atoms with Crippen LogP contribution < -0.4 is 5.73 Å². The Morgan fingerprint density at radius 3 is 2.76 bits per heavy atom. The highest BCUT2D eigenvalue weighted by Crippen LogP contribution is 2.25. The fourth-order valence-electron chi connectivity index (χ4n) is 2.18. The first-order chi connectivity index (χ1) is 8.10. The molecule has 0 amide bonds. The van der Waals surface area contributed by atoms with Gasteiger partial charge in [-0.3, -0.25) is 4.57 Å². The van der Waals surface area contributed by atoms with Gasteiger partial charge < -0.3 is 10.5 Å².